The largest absolute Gasteiger partial charge is 0.335 e. The van der Waals surface area contributed by atoms with E-state index in [1.165, 1.54) is 5.56 Å². The highest BCUT2D eigenvalue weighted by Crippen LogP contribution is 2.32. The molecule has 2 aromatic rings. The van der Waals surface area contributed by atoms with Crippen molar-refractivity contribution in [2.24, 2.45) is 0 Å². The molecule has 0 N–H and O–H groups in total. The Morgan fingerprint density at radius 3 is 2.50 bits per heavy atom. The van der Waals surface area contributed by atoms with E-state index in [1.54, 1.807) is 13.8 Å². The lowest BCUT2D eigenvalue weighted by atomic mass is 9.94. The Labute approximate surface area is 152 Å². The van der Waals surface area contributed by atoms with E-state index in [0.29, 0.717) is 28.2 Å². The fraction of sp³-hybridized carbons (Fsp3) is 0.500. The molecule has 6 heteroatoms. The summed E-state index contributed by atoms with van der Waals surface area (Å²) in [5, 5.41) is 3.89. The topological polar surface area (TPSA) is 38.1 Å². The molecular formula is C20H25F2N3O. The highest BCUT2D eigenvalue weighted by molar-refractivity contribution is 5.80. The van der Waals surface area contributed by atoms with Crippen LogP contribution in [0.15, 0.2) is 24.3 Å². The second-order valence-corrected chi connectivity index (χ2v) is 7.06. The van der Waals surface area contributed by atoms with Crippen LogP contribution in [0.5, 0.6) is 0 Å². The van der Waals surface area contributed by atoms with Gasteiger partial charge < -0.3 is 4.90 Å². The number of hydrogen-bond donors (Lipinski definition) is 0. The molecule has 1 aromatic heterocycles. The third-order valence-corrected chi connectivity index (χ3v) is 5.27. The van der Waals surface area contributed by atoms with Crippen molar-refractivity contribution in [2.75, 3.05) is 6.54 Å². The minimum Gasteiger partial charge on any atom is -0.335 e. The van der Waals surface area contributed by atoms with Gasteiger partial charge in [0.05, 0.1) is 18.2 Å². The summed E-state index contributed by atoms with van der Waals surface area (Å²) >= 11 is 0. The van der Waals surface area contributed by atoms with Crippen LogP contribution in [-0.4, -0.2) is 27.1 Å². The van der Waals surface area contributed by atoms with Crippen LogP contribution in [0.25, 0.3) is 0 Å². The molecule has 0 aliphatic carbocycles. The molecule has 4 nitrogen and oxygen atoms in total. The molecule has 0 spiro atoms. The molecule has 1 fully saturated rings. The average molecular weight is 361 g/mol. The molecule has 1 saturated heterocycles. The van der Waals surface area contributed by atoms with Gasteiger partial charge in [-0.25, -0.2) is 4.68 Å². The maximum Gasteiger partial charge on any atom is 0.333 e. The fourth-order valence-electron chi connectivity index (χ4n) is 3.76. The van der Waals surface area contributed by atoms with E-state index >= 15 is 0 Å². The quantitative estimate of drug-likeness (QED) is 0.804. The minimum absolute atomic E-state index is 0.0182. The van der Waals surface area contributed by atoms with Crippen LogP contribution in [-0.2, 0) is 11.2 Å². The molecule has 1 atom stereocenters. The molecule has 140 valence electrons. The Morgan fingerprint density at radius 1 is 1.19 bits per heavy atom. The van der Waals surface area contributed by atoms with Crippen LogP contribution in [0, 0.1) is 20.8 Å². The highest BCUT2D eigenvalue weighted by Gasteiger charge is 2.29. The van der Waals surface area contributed by atoms with E-state index in [1.807, 2.05) is 11.8 Å². The number of alkyl halides is 2. The van der Waals surface area contributed by atoms with Crippen LogP contribution < -0.4 is 0 Å². The molecule has 2 heterocycles. The zero-order valence-electron chi connectivity index (χ0n) is 15.5. The van der Waals surface area contributed by atoms with Gasteiger partial charge in [0.15, 0.2) is 0 Å². The van der Waals surface area contributed by atoms with Gasteiger partial charge in [-0.2, -0.15) is 13.9 Å². The number of carbonyl (C=O) groups excluding carboxylic acids is 1. The van der Waals surface area contributed by atoms with E-state index in [0.717, 1.165) is 24.8 Å². The summed E-state index contributed by atoms with van der Waals surface area (Å²) in [7, 11) is 0. The molecule has 1 amide bonds. The first-order chi connectivity index (χ1) is 12.4. The maximum absolute atomic E-state index is 13.0. The van der Waals surface area contributed by atoms with Crippen LogP contribution in [0.3, 0.4) is 0 Å². The Morgan fingerprint density at radius 2 is 1.88 bits per heavy atom. The van der Waals surface area contributed by atoms with E-state index < -0.39 is 6.55 Å². The van der Waals surface area contributed by atoms with Crippen LogP contribution in [0.2, 0.25) is 0 Å². The second-order valence-electron chi connectivity index (χ2n) is 7.06. The van der Waals surface area contributed by atoms with Gasteiger partial charge in [-0.3, -0.25) is 4.79 Å². The number of piperidine rings is 1. The minimum atomic E-state index is -2.69. The summed E-state index contributed by atoms with van der Waals surface area (Å²) in [4.78, 5) is 14.9. The van der Waals surface area contributed by atoms with Gasteiger partial charge in [0, 0.05) is 17.8 Å². The molecular weight excluding hydrogens is 336 g/mol. The van der Waals surface area contributed by atoms with Gasteiger partial charge in [0.1, 0.15) is 0 Å². The van der Waals surface area contributed by atoms with Gasteiger partial charge in [-0.15, -0.1) is 0 Å². The maximum atomic E-state index is 13.0. The van der Waals surface area contributed by atoms with E-state index in [4.69, 9.17) is 0 Å². The number of aryl methyl sites for hydroxylation is 2. The van der Waals surface area contributed by atoms with Crippen molar-refractivity contribution in [3.8, 4) is 0 Å². The molecule has 1 aromatic carbocycles. The number of likely N-dealkylation sites (tertiary alicyclic amines) is 1. The predicted octanol–water partition coefficient (Wildman–Crippen LogP) is 4.50. The van der Waals surface area contributed by atoms with E-state index in [9.17, 15) is 13.6 Å². The van der Waals surface area contributed by atoms with Gasteiger partial charge >= 0.3 is 6.55 Å². The summed E-state index contributed by atoms with van der Waals surface area (Å²) in [5.41, 5.74) is 3.81. The molecule has 1 aliphatic heterocycles. The lowest BCUT2D eigenvalue weighted by Crippen LogP contribution is -2.39. The van der Waals surface area contributed by atoms with Crippen LogP contribution >= 0.6 is 0 Å². The summed E-state index contributed by atoms with van der Waals surface area (Å²) in [6, 6.07) is 8.34. The van der Waals surface area contributed by atoms with Gasteiger partial charge in [-0.1, -0.05) is 29.8 Å². The van der Waals surface area contributed by atoms with Crippen molar-refractivity contribution < 1.29 is 13.6 Å². The number of rotatable bonds is 4. The Bertz CT molecular complexity index is 783. The predicted molar refractivity (Wildman–Crippen MR) is 96.1 cm³/mol. The number of nitrogens with zero attached hydrogens (tertiary/aromatic N) is 3. The molecule has 3 rings (SSSR count). The van der Waals surface area contributed by atoms with E-state index in [-0.39, 0.29) is 18.4 Å². The smallest absolute Gasteiger partial charge is 0.333 e. The Hall–Kier alpha value is -2.24. The number of carbonyl (C=O) groups is 1. The number of halogens is 2. The number of hydrogen-bond acceptors (Lipinski definition) is 2. The first kappa shape index (κ1) is 18.5. The first-order valence-corrected chi connectivity index (χ1v) is 9.07. The zero-order chi connectivity index (χ0) is 18.8. The van der Waals surface area contributed by atoms with Gasteiger partial charge in [0.2, 0.25) is 5.91 Å². The normalized spacial score (nSPS) is 17.8. The number of amides is 1. The van der Waals surface area contributed by atoms with Crippen molar-refractivity contribution in [2.45, 2.75) is 59.0 Å². The number of benzene rings is 1. The van der Waals surface area contributed by atoms with Gasteiger partial charge in [-0.05, 0) is 45.6 Å². The molecule has 26 heavy (non-hydrogen) atoms. The SMILES string of the molecule is Cc1ccc([C@H]2CCCCN2C(=O)Cc2c(C)nn(C(F)F)c2C)cc1. The van der Waals surface area contributed by atoms with Crippen molar-refractivity contribution >= 4 is 5.91 Å². The molecule has 0 saturated carbocycles. The van der Waals surface area contributed by atoms with E-state index in [2.05, 4.69) is 29.4 Å². The lowest BCUT2D eigenvalue weighted by molar-refractivity contribution is -0.134. The Kier molecular flexibility index (Phi) is 5.39. The zero-order valence-corrected chi connectivity index (χ0v) is 15.5. The van der Waals surface area contributed by atoms with Crippen LogP contribution in [0.1, 0.15) is 59.9 Å². The summed E-state index contributed by atoms with van der Waals surface area (Å²) in [6.07, 6.45) is 3.11. The molecule has 0 radical (unpaired) electrons. The summed E-state index contributed by atoms with van der Waals surface area (Å²) < 4.78 is 26.8. The van der Waals surface area contributed by atoms with Crippen molar-refractivity contribution in [3.05, 3.63) is 52.3 Å². The summed E-state index contributed by atoms with van der Waals surface area (Å²) in [5.74, 6) is -0.0182. The fourth-order valence-corrected chi connectivity index (χ4v) is 3.76. The number of aromatic nitrogens is 2. The highest BCUT2D eigenvalue weighted by atomic mass is 19.3. The molecule has 0 bridgehead atoms. The summed E-state index contributed by atoms with van der Waals surface area (Å²) in [6.45, 7) is 3.34. The van der Waals surface area contributed by atoms with Crippen molar-refractivity contribution in [3.63, 3.8) is 0 Å². The van der Waals surface area contributed by atoms with Crippen molar-refractivity contribution in [1.82, 2.24) is 14.7 Å². The van der Waals surface area contributed by atoms with Gasteiger partial charge in [0.25, 0.3) is 0 Å². The standard InChI is InChI=1S/C20H25F2N3O/c1-13-7-9-16(10-8-13)18-6-4-5-11-24(18)19(26)12-17-14(2)23-25(15(17)3)20(21)22/h7-10,18,20H,4-6,11-12H2,1-3H3/t18-/m1/s1. The average Bonchev–Trinajstić information content (AvgIpc) is 2.91. The van der Waals surface area contributed by atoms with Crippen LogP contribution in [0.4, 0.5) is 8.78 Å². The van der Waals surface area contributed by atoms with Crippen molar-refractivity contribution in [1.29, 1.82) is 0 Å². The second kappa shape index (κ2) is 7.56. The monoisotopic (exact) mass is 361 g/mol. The Balaban J connectivity index is 1.82. The molecule has 1 aliphatic rings. The third kappa shape index (κ3) is 3.64. The first-order valence-electron chi connectivity index (χ1n) is 9.07. The molecule has 0 unspecified atom stereocenters. The lowest BCUT2D eigenvalue weighted by Gasteiger charge is -2.36. The third-order valence-electron chi connectivity index (χ3n) is 5.27.